The molecule has 3 aromatic rings. The molecule has 1 aliphatic rings. The van der Waals surface area contributed by atoms with Crippen LogP contribution in [0.15, 0.2) is 36.5 Å². The number of methoxy groups -OCH3 is 1. The van der Waals surface area contributed by atoms with E-state index in [0.29, 0.717) is 55.2 Å². The normalized spacial score (nSPS) is 16.3. The summed E-state index contributed by atoms with van der Waals surface area (Å²) in [5.74, 6) is -4.65. The molecule has 0 saturated carbocycles. The van der Waals surface area contributed by atoms with Crippen LogP contribution in [0.3, 0.4) is 0 Å². The molecule has 1 atom stereocenters. The average Bonchev–Trinajstić information content (AvgIpc) is 2.90. The summed E-state index contributed by atoms with van der Waals surface area (Å²) in [5, 5.41) is 12.6. The van der Waals surface area contributed by atoms with Crippen LogP contribution in [0.5, 0.6) is 5.75 Å². The Kier molecular flexibility index (Phi) is 8.89. The third-order valence-electron chi connectivity index (χ3n) is 7.49. The number of carboxylic acid groups (broad SMARTS) is 1. The smallest absolute Gasteiger partial charge is 0.303 e. The summed E-state index contributed by atoms with van der Waals surface area (Å²) in [6.45, 7) is 1.67. The lowest BCUT2D eigenvalue weighted by molar-refractivity contribution is -0.141. The second-order valence-corrected chi connectivity index (χ2v) is 10.00. The number of carboxylic acids is 1. The second-order valence-electron chi connectivity index (χ2n) is 10.00. The molecular weight excluding hydrogens is 521 g/mol. The van der Waals surface area contributed by atoms with Gasteiger partial charge in [0.15, 0.2) is 11.6 Å². The van der Waals surface area contributed by atoms with Crippen LogP contribution in [0.1, 0.15) is 43.8 Å². The van der Waals surface area contributed by atoms with E-state index in [4.69, 9.17) is 4.74 Å². The molecular formula is C28H30F5N3O3. The average molecular weight is 552 g/mol. The molecule has 39 heavy (non-hydrogen) atoms. The molecule has 210 valence electrons. The van der Waals surface area contributed by atoms with Crippen molar-refractivity contribution in [3.05, 3.63) is 65.4 Å². The first-order valence-corrected chi connectivity index (χ1v) is 12.7. The number of aromatic nitrogens is 1. The monoisotopic (exact) mass is 551 g/mol. The summed E-state index contributed by atoms with van der Waals surface area (Å²) < 4.78 is 76.1. The Labute approximate surface area is 222 Å². The van der Waals surface area contributed by atoms with Crippen LogP contribution < -0.4 is 10.1 Å². The van der Waals surface area contributed by atoms with Crippen LogP contribution in [0.2, 0.25) is 0 Å². The SMILES string of the molecule is COc1ccc2ncc(F)c([C@@H](F)CCC3(CC(=O)O)CCN(CCNc4cc(F)cc(F)c4F)CC3)c2c1. The van der Waals surface area contributed by atoms with Crippen molar-refractivity contribution >= 4 is 22.6 Å². The van der Waals surface area contributed by atoms with E-state index in [9.17, 15) is 27.5 Å². The fourth-order valence-corrected chi connectivity index (χ4v) is 5.31. The molecule has 0 aliphatic carbocycles. The summed E-state index contributed by atoms with van der Waals surface area (Å²) >= 11 is 0. The molecule has 0 amide bonds. The number of carbonyl (C=O) groups is 1. The Hall–Kier alpha value is -3.47. The fourth-order valence-electron chi connectivity index (χ4n) is 5.31. The summed E-state index contributed by atoms with van der Waals surface area (Å²) in [6.07, 6.45) is 0.301. The van der Waals surface area contributed by atoms with Gasteiger partial charge in [0.1, 0.15) is 23.6 Å². The largest absolute Gasteiger partial charge is 0.497 e. The van der Waals surface area contributed by atoms with E-state index in [-0.39, 0.29) is 37.1 Å². The Bertz CT molecular complexity index is 1330. The molecule has 1 saturated heterocycles. The summed E-state index contributed by atoms with van der Waals surface area (Å²) in [4.78, 5) is 17.7. The van der Waals surface area contributed by atoms with Gasteiger partial charge in [-0.25, -0.2) is 22.0 Å². The van der Waals surface area contributed by atoms with Crippen molar-refractivity contribution in [2.45, 2.75) is 38.3 Å². The molecule has 11 heteroatoms. The standard InChI is InChI=1S/C28H30F5N3O3/c1-39-18-2-3-23-19(14-18)26(22(32)16-35-23)20(30)4-5-28(15-25(37)38)6-9-36(10-7-28)11-8-34-24-13-17(29)12-21(31)27(24)33/h2-3,12-14,16,20,34H,4-11,15H2,1H3,(H,37,38)/t20-/m0/s1. The maximum absolute atomic E-state index is 15.6. The molecule has 1 aromatic heterocycles. The van der Waals surface area contributed by atoms with Gasteiger partial charge in [-0.3, -0.25) is 9.78 Å². The molecule has 6 nitrogen and oxygen atoms in total. The van der Waals surface area contributed by atoms with E-state index in [0.717, 1.165) is 12.3 Å². The zero-order valence-electron chi connectivity index (χ0n) is 21.5. The van der Waals surface area contributed by atoms with Crippen molar-refractivity contribution in [1.29, 1.82) is 0 Å². The van der Waals surface area contributed by atoms with Crippen LogP contribution in [0.4, 0.5) is 27.6 Å². The van der Waals surface area contributed by atoms with Crippen molar-refractivity contribution in [3.63, 3.8) is 0 Å². The van der Waals surface area contributed by atoms with Crippen LogP contribution in [-0.4, -0.2) is 54.2 Å². The molecule has 4 rings (SSSR count). The highest BCUT2D eigenvalue weighted by Gasteiger charge is 2.37. The van der Waals surface area contributed by atoms with Crippen molar-refractivity contribution < 1.29 is 36.6 Å². The highest BCUT2D eigenvalue weighted by molar-refractivity contribution is 5.84. The number of benzene rings is 2. The fraction of sp³-hybridized carbons (Fsp3) is 0.429. The lowest BCUT2D eigenvalue weighted by Gasteiger charge is -2.41. The number of likely N-dealkylation sites (tertiary alicyclic amines) is 1. The Morgan fingerprint density at radius 2 is 1.90 bits per heavy atom. The molecule has 0 spiro atoms. The molecule has 0 unspecified atom stereocenters. The number of pyridine rings is 1. The molecule has 0 bridgehead atoms. The minimum absolute atomic E-state index is 0.0630. The first kappa shape index (κ1) is 28.5. The number of anilines is 1. The highest BCUT2D eigenvalue weighted by Crippen LogP contribution is 2.43. The lowest BCUT2D eigenvalue weighted by atomic mass is 9.71. The predicted octanol–water partition coefficient (Wildman–Crippen LogP) is 6.26. The Balaban J connectivity index is 1.39. The summed E-state index contributed by atoms with van der Waals surface area (Å²) in [5.41, 5.74) is -0.631. The molecule has 1 fully saturated rings. The van der Waals surface area contributed by atoms with E-state index in [1.807, 2.05) is 4.90 Å². The number of nitrogens with zero attached hydrogens (tertiary/aromatic N) is 2. The van der Waals surface area contributed by atoms with E-state index in [1.165, 1.54) is 13.2 Å². The number of hydrogen-bond acceptors (Lipinski definition) is 5. The van der Waals surface area contributed by atoms with Gasteiger partial charge in [-0.2, -0.15) is 0 Å². The Morgan fingerprint density at radius 3 is 2.59 bits per heavy atom. The van der Waals surface area contributed by atoms with Gasteiger partial charge < -0.3 is 20.1 Å². The van der Waals surface area contributed by atoms with Gasteiger partial charge in [0, 0.05) is 36.2 Å². The second kappa shape index (κ2) is 12.1. The number of rotatable bonds is 11. The van der Waals surface area contributed by atoms with Crippen LogP contribution in [0, 0.1) is 28.7 Å². The zero-order valence-corrected chi connectivity index (χ0v) is 21.5. The van der Waals surface area contributed by atoms with Crippen molar-refractivity contribution in [2.75, 3.05) is 38.6 Å². The summed E-state index contributed by atoms with van der Waals surface area (Å²) in [7, 11) is 1.46. The number of alkyl halides is 1. The quantitative estimate of drug-likeness (QED) is 0.217. The number of ether oxygens (including phenoxy) is 1. The molecule has 0 radical (unpaired) electrons. The predicted molar refractivity (Wildman–Crippen MR) is 137 cm³/mol. The number of fused-ring (bicyclic) bond motifs is 1. The van der Waals surface area contributed by atoms with Crippen LogP contribution >= 0.6 is 0 Å². The number of halogens is 5. The topological polar surface area (TPSA) is 74.7 Å². The van der Waals surface area contributed by atoms with Gasteiger partial charge in [-0.1, -0.05) is 0 Å². The maximum Gasteiger partial charge on any atom is 0.303 e. The molecule has 2 N–H and O–H groups in total. The lowest BCUT2D eigenvalue weighted by Crippen LogP contribution is -2.43. The van der Waals surface area contributed by atoms with Crippen LogP contribution in [-0.2, 0) is 4.79 Å². The van der Waals surface area contributed by atoms with Crippen molar-refractivity contribution in [3.8, 4) is 5.75 Å². The first-order chi connectivity index (χ1) is 18.6. The van der Waals surface area contributed by atoms with Crippen molar-refractivity contribution in [2.24, 2.45) is 5.41 Å². The number of piperidine rings is 1. The van der Waals surface area contributed by atoms with Gasteiger partial charge in [0.25, 0.3) is 0 Å². The maximum atomic E-state index is 15.6. The van der Waals surface area contributed by atoms with E-state index in [1.54, 1.807) is 12.1 Å². The van der Waals surface area contributed by atoms with Gasteiger partial charge in [-0.05, 0) is 62.4 Å². The molecule has 2 aromatic carbocycles. The van der Waals surface area contributed by atoms with Gasteiger partial charge in [0.2, 0.25) is 0 Å². The minimum atomic E-state index is -1.67. The molecule has 2 heterocycles. The summed E-state index contributed by atoms with van der Waals surface area (Å²) in [6, 6.07) is 6.17. The van der Waals surface area contributed by atoms with Gasteiger partial charge in [-0.15, -0.1) is 0 Å². The first-order valence-electron chi connectivity index (χ1n) is 12.7. The number of nitrogens with one attached hydrogen (secondary N) is 1. The van der Waals surface area contributed by atoms with Crippen LogP contribution in [0.25, 0.3) is 10.9 Å². The van der Waals surface area contributed by atoms with Gasteiger partial charge in [0.05, 0.1) is 30.9 Å². The Morgan fingerprint density at radius 1 is 1.15 bits per heavy atom. The van der Waals surface area contributed by atoms with Gasteiger partial charge >= 0.3 is 5.97 Å². The van der Waals surface area contributed by atoms with E-state index < -0.39 is 40.8 Å². The van der Waals surface area contributed by atoms with E-state index in [2.05, 4.69) is 10.3 Å². The third kappa shape index (κ3) is 6.76. The minimum Gasteiger partial charge on any atom is -0.497 e. The molecule has 1 aliphatic heterocycles. The third-order valence-corrected chi connectivity index (χ3v) is 7.49. The number of aliphatic carboxylic acids is 1. The zero-order chi connectivity index (χ0) is 28.2. The number of hydrogen-bond donors (Lipinski definition) is 2. The van der Waals surface area contributed by atoms with E-state index >= 15 is 4.39 Å². The van der Waals surface area contributed by atoms with Crippen molar-refractivity contribution in [1.82, 2.24) is 9.88 Å². The highest BCUT2D eigenvalue weighted by atomic mass is 19.2.